The second-order valence-corrected chi connectivity index (χ2v) is 6.90. The van der Waals surface area contributed by atoms with Gasteiger partial charge in [-0.2, -0.15) is 0 Å². The molecule has 7 nitrogen and oxygen atoms in total. The third-order valence-corrected chi connectivity index (χ3v) is 5.12. The van der Waals surface area contributed by atoms with Crippen molar-refractivity contribution in [1.29, 1.82) is 0 Å². The lowest BCUT2D eigenvalue weighted by Crippen LogP contribution is -2.46. The predicted molar refractivity (Wildman–Crippen MR) is 89.4 cm³/mol. The number of piperidine rings is 1. The van der Waals surface area contributed by atoms with Crippen molar-refractivity contribution in [3.8, 4) is 5.75 Å². The fourth-order valence-corrected chi connectivity index (χ4v) is 4.10. The number of aliphatic hydroxyl groups excluding tert-OH is 1. The molecule has 0 aliphatic carbocycles. The van der Waals surface area contributed by atoms with Gasteiger partial charge in [0.1, 0.15) is 12.4 Å². The molecule has 2 bridgehead atoms. The highest BCUT2D eigenvalue weighted by Gasteiger charge is 2.35. The molecule has 1 fully saturated rings. The van der Waals surface area contributed by atoms with Crippen LogP contribution in [0, 0.1) is 5.92 Å². The van der Waals surface area contributed by atoms with Crippen LogP contribution in [0.2, 0.25) is 0 Å². The first-order valence-corrected chi connectivity index (χ1v) is 8.43. The van der Waals surface area contributed by atoms with Crippen molar-refractivity contribution in [3.05, 3.63) is 62.1 Å². The van der Waals surface area contributed by atoms with E-state index in [9.17, 15) is 19.8 Å². The van der Waals surface area contributed by atoms with Gasteiger partial charge in [-0.05, 0) is 18.4 Å². The van der Waals surface area contributed by atoms with E-state index in [1.54, 1.807) is 12.1 Å². The number of nitrogens with zero attached hydrogens (tertiary/aromatic N) is 2. The van der Waals surface area contributed by atoms with E-state index >= 15 is 0 Å². The molecule has 1 saturated heterocycles. The average molecular weight is 344 g/mol. The van der Waals surface area contributed by atoms with Crippen molar-refractivity contribution in [1.82, 2.24) is 9.47 Å². The van der Waals surface area contributed by atoms with E-state index in [1.807, 2.05) is 10.6 Å². The Balaban J connectivity index is 1.60. The minimum atomic E-state index is -0.542. The molecule has 0 amide bonds. The van der Waals surface area contributed by atoms with Gasteiger partial charge in [0, 0.05) is 43.4 Å². The number of hydrogen-bond donors (Lipinski definition) is 2. The monoisotopic (exact) mass is 344 g/mol. The van der Waals surface area contributed by atoms with Crippen LogP contribution in [0.1, 0.15) is 29.6 Å². The van der Waals surface area contributed by atoms with Crippen LogP contribution in [0.4, 0.5) is 0 Å². The lowest BCUT2D eigenvalue weighted by atomic mass is 9.83. The first kappa shape index (κ1) is 16.1. The third kappa shape index (κ3) is 2.89. The summed E-state index contributed by atoms with van der Waals surface area (Å²) >= 11 is 0. The number of likely N-dealkylation sites (tertiary alicyclic amines) is 1. The van der Waals surface area contributed by atoms with Gasteiger partial charge >= 0.3 is 0 Å². The summed E-state index contributed by atoms with van der Waals surface area (Å²) in [5.41, 5.74) is 0.544. The molecule has 0 radical (unpaired) electrons. The SMILES string of the molecule is O=c1cc(CO)oc(CN2CC3CC(C2)c2cccc(=O)n2C3)c1O. The molecule has 2 N–H and O–H groups in total. The van der Waals surface area contributed by atoms with Crippen LogP contribution < -0.4 is 11.0 Å². The van der Waals surface area contributed by atoms with Crippen molar-refractivity contribution in [2.24, 2.45) is 5.92 Å². The lowest BCUT2D eigenvalue weighted by molar-refractivity contribution is 0.103. The lowest BCUT2D eigenvalue weighted by Gasteiger charge is -2.42. The van der Waals surface area contributed by atoms with Gasteiger partial charge in [0.2, 0.25) is 11.2 Å². The Hall–Kier alpha value is -2.38. The van der Waals surface area contributed by atoms with Gasteiger partial charge in [0.05, 0.1) is 6.54 Å². The van der Waals surface area contributed by atoms with Crippen LogP contribution in [0.15, 0.2) is 38.3 Å². The number of hydrogen-bond acceptors (Lipinski definition) is 6. The summed E-state index contributed by atoms with van der Waals surface area (Å²) in [4.78, 5) is 26.0. The molecule has 0 spiro atoms. The predicted octanol–water partition coefficient (Wildman–Crippen LogP) is 0.619. The van der Waals surface area contributed by atoms with Gasteiger partial charge in [-0.25, -0.2) is 0 Å². The standard InChI is InChI=1S/C18H20N2O5/c21-10-13-5-15(22)18(24)16(25-13)9-19-6-11-4-12(8-19)14-2-1-3-17(23)20(14)7-11/h1-3,5,11-12,21,24H,4,6-10H2. The van der Waals surface area contributed by atoms with Crippen molar-refractivity contribution in [2.75, 3.05) is 13.1 Å². The Labute approximate surface area is 143 Å². The Morgan fingerprint density at radius 2 is 2.04 bits per heavy atom. The maximum Gasteiger partial charge on any atom is 0.250 e. The number of aromatic nitrogens is 1. The minimum Gasteiger partial charge on any atom is -0.502 e. The molecule has 4 heterocycles. The molecule has 2 aliphatic rings. The maximum atomic E-state index is 12.1. The molecule has 7 heteroatoms. The van der Waals surface area contributed by atoms with Gasteiger partial charge < -0.3 is 19.2 Å². The fourth-order valence-electron chi connectivity index (χ4n) is 4.10. The molecule has 0 saturated carbocycles. The number of aromatic hydroxyl groups is 1. The number of fused-ring (bicyclic) bond motifs is 4. The number of pyridine rings is 1. The summed E-state index contributed by atoms with van der Waals surface area (Å²) in [6.07, 6.45) is 1.03. The Bertz CT molecular complexity index is 916. The van der Waals surface area contributed by atoms with E-state index in [0.29, 0.717) is 19.0 Å². The normalized spacial score (nSPS) is 22.6. The smallest absolute Gasteiger partial charge is 0.250 e. The average Bonchev–Trinajstić information content (AvgIpc) is 2.59. The van der Waals surface area contributed by atoms with E-state index in [-0.39, 0.29) is 29.6 Å². The van der Waals surface area contributed by atoms with Gasteiger partial charge in [-0.1, -0.05) is 6.07 Å². The fraction of sp³-hybridized carbons (Fsp3) is 0.444. The number of aliphatic hydroxyl groups is 1. The molecule has 0 aromatic carbocycles. The molecular weight excluding hydrogens is 324 g/mol. The second-order valence-electron chi connectivity index (χ2n) is 6.90. The van der Waals surface area contributed by atoms with Crippen LogP contribution in [-0.4, -0.2) is 32.8 Å². The van der Waals surface area contributed by atoms with Crippen LogP contribution >= 0.6 is 0 Å². The molecule has 4 rings (SSSR count). The van der Waals surface area contributed by atoms with Gasteiger partial charge in [-0.3, -0.25) is 14.5 Å². The van der Waals surface area contributed by atoms with Gasteiger partial charge in [0.15, 0.2) is 5.76 Å². The zero-order valence-electron chi connectivity index (χ0n) is 13.7. The molecule has 2 aliphatic heterocycles. The molecule has 2 aromatic heterocycles. The van der Waals surface area contributed by atoms with Crippen molar-refractivity contribution in [2.45, 2.75) is 32.0 Å². The summed E-state index contributed by atoms with van der Waals surface area (Å²) < 4.78 is 7.32. The van der Waals surface area contributed by atoms with Crippen LogP contribution in [0.25, 0.3) is 0 Å². The number of rotatable bonds is 3. The van der Waals surface area contributed by atoms with Crippen LogP contribution in [-0.2, 0) is 19.7 Å². The summed E-state index contributed by atoms with van der Waals surface area (Å²) in [5.74, 6) is 0.524. The zero-order valence-corrected chi connectivity index (χ0v) is 13.7. The van der Waals surface area contributed by atoms with E-state index < -0.39 is 11.2 Å². The largest absolute Gasteiger partial charge is 0.502 e. The Kier molecular flexibility index (Phi) is 3.97. The highest BCUT2D eigenvalue weighted by atomic mass is 16.4. The van der Waals surface area contributed by atoms with Crippen molar-refractivity contribution >= 4 is 0 Å². The van der Waals surface area contributed by atoms with Gasteiger partial charge in [0.25, 0.3) is 5.56 Å². The van der Waals surface area contributed by atoms with Gasteiger partial charge in [-0.15, -0.1) is 0 Å². The summed E-state index contributed by atoms with van der Waals surface area (Å²) in [7, 11) is 0. The molecule has 2 atom stereocenters. The molecule has 25 heavy (non-hydrogen) atoms. The Morgan fingerprint density at radius 3 is 2.84 bits per heavy atom. The molecule has 2 aromatic rings. The summed E-state index contributed by atoms with van der Waals surface area (Å²) in [5, 5.41) is 19.2. The highest BCUT2D eigenvalue weighted by molar-refractivity contribution is 5.25. The second kappa shape index (κ2) is 6.16. The molecule has 132 valence electrons. The van der Waals surface area contributed by atoms with E-state index in [1.165, 1.54) is 0 Å². The molecule has 2 unspecified atom stereocenters. The minimum absolute atomic E-state index is 0.0416. The third-order valence-electron chi connectivity index (χ3n) is 5.12. The topological polar surface area (TPSA) is 95.9 Å². The quantitative estimate of drug-likeness (QED) is 0.847. The van der Waals surface area contributed by atoms with E-state index in [0.717, 1.165) is 31.3 Å². The first-order chi connectivity index (χ1) is 12.0. The molecular formula is C18H20N2O5. The van der Waals surface area contributed by atoms with Crippen molar-refractivity contribution in [3.63, 3.8) is 0 Å². The maximum absolute atomic E-state index is 12.1. The van der Waals surface area contributed by atoms with Crippen molar-refractivity contribution < 1.29 is 14.6 Å². The summed E-state index contributed by atoms with van der Waals surface area (Å²) in [6, 6.07) is 6.49. The van der Waals surface area contributed by atoms with Crippen LogP contribution in [0.3, 0.4) is 0 Å². The highest BCUT2D eigenvalue weighted by Crippen LogP contribution is 2.35. The van der Waals surface area contributed by atoms with Crippen LogP contribution in [0.5, 0.6) is 5.75 Å². The zero-order chi connectivity index (χ0) is 17.6. The van der Waals surface area contributed by atoms with E-state index in [2.05, 4.69) is 4.90 Å². The summed E-state index contributed by atoms with van der Waals surface area (Å²) in [6.45, 7) is 2.11. The van der Waals surface area contributed by atoms with E-state index in [4.69, 9.17) is 4.42 Å². The Morgan fingerprint density at radius 1 is 1.20 bits per heavy atom. The first-order valence-electron chi connectivity index (χ1n) is 8.43.